The average Bonchev–Trinajstić information content (AvgIpc) is 2.28. The topological polar surface area (TPSA) is 95.9 Å². The van der Waals surface area contributed by atoms with E-state index in [1.807, 2.05) is 20.8 Å². The number of nitrogens with one attached hydrogen (secondary N) is 1. The molecule has 0 radical (unpaired) electrons. The third-order valence-electron chi connectivity index (χ3n) is 2.15. The molecular weight excluding hydrogens is 250 g/mol. The van der Waals surface area contributed by atoms with Gasteiger partial charge in [0, 0.05) is 5.69 Å². The van der Waals surface area contributed by atoms with Gasteiger partial charge in [0.05, 0.1) is 5.60 Å². The molecule has 0 spiro atoms. The first-order valence-corrected chi connectivity index (χ1v) is 5.69. The van der Waals surface area contributed by atoms with Gasteiger partial charge in [-0.05, 0) is 39.0 Å². The molecule has 1 aromatic carbocycles. The monoisotopic (exact) mass is 267 g/mol. The Labute approximate surface area is 111 Å². The van der Waals surface area contributed by atoms with Crippen LogP contribution in [0.15, 0.2) is 18.2 Å². The first kappa shape index (κ1) is 15.0. The van der Waals surface area contributed by atoms with E-state index >= 15 is 0 Å². The van der Waals surface area contributed by atoms with E-state index in [9.17, 15) is 14.7 Å². The van der Waals surface area contributed by atoms with Gasteiger partial charge in [0.25, 0.3) is 0 Å². The zero-order valence-corrected chi connectivity index (χ0v) is 11.1. The van der Waals surface area contributed by atoms with Gasteiger partial charge >= 0.3 is 5.97 Å². The highest BCUT2D eigenvalue weighted by atomic mass is 16.5. The van der Waals surface area contributed by atoms with Crippen LogP contribution in [0.3, 0.4) is 0 Å². The number of rotatable bonds is 4. The van der Waals surface area contributed by atoms with Crippen molar-refractivity contribution in [1.29, 1.82) is 0 Å². The first-order chi connectivity index (χ1) is 8.69. The van der Waals surface area contributed by atoms with Crippen LogP contribution in [0, 0.1) is 0 Å². The minimum Gasteiger partial charge on any atom is -0.507 e. The van der Waals surface area contributed by atoms with Gasteiger partial charge in [-0.15, -0.1) is 0 Å². The number of anilines is 1. The molecule has 6 heteroatoms. The predicted octanol–water partition coefficient (Wildman–Crippen LogP) is 1.84. The van der Waals surface area contributed by atoms with E-state index < -0.39 is 17.5 Å². The minimum atomic E-state index is -1.26. The van der Waals surface area contributed by atoms with Crippen molar-refractivity contribution in [3.63, 3.8) is 0 Å². The van der Waals surface area contributed by atoms with Crippen molar-refractivity contribution in [2.45, 2.75) is 26.4 Å². The molecule has 0 saturated heterocycles. The number of ether oxygens (including phenoxy) is 1. The summed E-state index contributed by atoms with van der Waals surface area (Å²) in [6.07, 6.45) is 0. The fourth-order valence-electron chi connectivity index (χ4n) is 1.26. The van der Waals surface area contributed by atoms with Gasteiger partial charge in [-0.25, -0.2) is 4.79 Å². The second-order valence-electron chi connectivity index (χ2n) is 4.99. The van der Waals surface area contributed by atoms with E-state index in [1.165, 1.54) is 18.2 Å². The van der Waals surface area contributed by atoms with Crippen molar-refractivity contribution >= 4 is 17.6 Å². The van der Waals surface area contributed by atoms with Crippen LogP contribution < -0.4 is 5.32 Å². The summed E-state index contributed by atoms with van der Waals surface area (Å²) in [7, 11) is 0. The molecule has 0 fully saturated rings. The molecule has 0 aliphatic rings. The molecule has 104 valence electrons. The summed E-state index contributed by atoms with van der Waals surface area (Å²) >= 11 is 0. The molecule has 0 aromatic heterocycles. The summed E-state index contributed by atoms with van der Waals surface area (Å²) in [6.45, 7) is 5.34. The van der Waals surface area contributed by atoms with E-state index in [-0.39, 0.29) is 23.6 Å². The second-order valence-corrected chi connectivity index (χ2v) is 4.99. The number of carboxylic acid groups (broad SMARTS) is 1. The maximum Gasteiger partial charge on any atom is 0.339 e. The maximum atomic E-state index is 11.6. The number of hydrogen-bond acceptors (Lipinski definition) is 4. The van der Waals surface area contributed by atoms with Crippen LogP contribution in [-0.4, -0.2) is 34.3 Å². The third-order valence-corrected chi connectivity index (χ3v) is 2.15. The highest BCUT2D eigenvalue weighted by Crippen LogP contribution is 2.21. The van der Waals surface area contributed by atoms with Gasteiger partial charge in [-0.1, -0.05) is 0 Å². The number of carbonyl (C=O) groups is 2. The van der Waals surface area contributed by atoms with Gasteiger partial charge in [-0.2, -0.15) is 0 Å². The summed E-state index contributed by atoms with van der Waals surface area (Å²) in [5.41, 5.74) is -0.411. The number of carboxylic acids is 1. The molecule has 1 amide bonds. The lowest BCUT2D eigenvalue weighted by atomic mass is 10.2. The molecule has 0 bridgehead atoms. The van der Waals surface area contributed by atoms with Crippen LogP contribution in [0.25, 0.3) is 0 Å². The summed E-state index contributed by atoms with van der Waals surface area (Å²) in [5.74, 6) is -2.01. The van der Waals surface area contributed by atoms with Crippen molar-refractivity contribution in [3.05, 3.63) is 23.8 Å². The lowest BCUT2D eigenvalue weighted by Crippen LogP contribution is -2.27. The lowest BCUT2D eigenvalue weighted by molar-refractivity contribution is -0.125. The number of aromatic carboxylic acids is 1. The van der Waals surface area contributed by atoms with E-state index in [0.29, 0.717) is 0 Å². The van der Waals surface area contributed by atoms with E-state index in [1.54, 1.807) is 0 Å². The van der Waals surface area contributed by atoms with Crippen molar-refractivity contribution in [2.75, 3.05) is 11.9 Å². The van der Waals surface area contributed by atoms with Gasteiger partial charge in [-0.3, -0.25) is 4.79 Å². The van der Waals surface area contributed by atoms with Crippen LogP contribution in [0.4, 0.5) is 5.69 Å². The number of hydrogen-bond donors (Lipinski definition) is 3. The maximum absolute atomic E-state index is 11.6. The summed E-state index contributed by atoms with van der Waals surface area (Å²) in [6, 6.07) is 3.81. The molecule has 0 aliphatic heterocycles. The quantitative estimate of drug-likeness (QED) is 0.723. The molecule has 0 aliphatic carbocycles. The fraction of sp³-hybridized carbons (Fsp3) is 0.385. The smallest absolute Gasteiger partial charge is 0.339 e. The van der Waals surface area contributed by atoms with E-state index in [4.69, 9.17) is 9.84 Å². The zero-order chi connectivity index (χ0) is 14.6. The summed E-state index contributed by atoms with van der Waals surface area (Å²) in [4.78, 5) is 22.4. The van der Waals surface area contributed by atoms with Gasteiger partial charge in [0.2, 0.25) is 5.91 Å². The Bertz CT molecular complexity index is 490. The number of benzene rings is 1. The molecule has 1 rings (SSSR count). The molecule has 1 aromatic rings. The zero-order valence-electron chi connectivity index (χ0n) is 11.1. The molecule has 0 saturated carbocycles. The predicted molar refractivity (Wildman–Crippen MR) is 69.4 cm³/mol. The molecule has 0 unspecified atom stereocenters. The number of carbonyl (C=O) groups excluding carboxylic acids is 1. The van der Waals surface area contributed by atoms with E-state index in [0.717, 1.165) is 0 Å². The van der Waals surface area contributed by atoms with E-state index in [2.05, 4.69) is 5.32 Å². The average molecular weight is 267 g/mol. The highest BCUT2D eigenvalue weighted by molar-refractivity contribution is 5.96. The van der Waals surface area contributed by atoms with Crippen LogP contribution in [-0.2, 0) is 9.53 Å². The van der Waals surface area contributed by atoms with Gasteiger partial charge < -0.3 is 20.3 Å². The highest BCUT2D eigenvalue weighted by Gasteiger charge is 2.14. The standard InChI is InChI=1S/C13H17NO5/c1-13(2,3)19-7-11(16)14-8-4-5-10(15)9(6-8)12(17)18/h4-6,15H,7H2,1-3H3,(H,14,16)(H,17,18). The number of amides is 1. The molecule has 0 atom stereocenters. The normalized spacial score (nSPS) is 11.1. The van der Waals surface area contributed by atoms with Gasteiger partial charge in [0.15, 0.2) is 0 Å². The number of aromatic hydroxyl groups is 1. The Morgan fingerprint density at radius 1 is 1.32 bits per heavy atom. The van der Waals surface area contributed by atoms with Crippen molar-refractivity contribution < 1.29 is 24.5 Å². The van der Waals surface area contributed by atoms with Crippen molar-refractivity contribution in [3.8, 4) is 5.75 Å². The van der Waals surface area contributed by atoms with Crippen LogP contribution in [0.2, 0.25) is 0 Å². The Morgan fingerprint density at radius 3 is 2.47 bits per heavy atom. The SMILES string of the molecule is CC(C)(C)OCC(=O)Nc1ccc(O)c(C(=O)O)c1. The Hall–Kier alpha value is -2.08. The molecule has 3 N–H and O–H groups in total. The first-order valence-electron chi connectivity index (χ1n) is 5.69. The van der Waals surface area contributed by atoms with Crippen LogP contribution >= 0.6 is 0 Å². The molecule has 19 heavy (non-hydrogen) atoms. The molecular formula is C13H17NO5. The van der Waals surface area contributed by atoms with Crippen LogP contribution in [0.1, 0.15) is 31.1 Å². The fourth-order valence-corrected chi connectivity index (χ4v) is 1.26. The van der Waals surface area contributed by atoms with Crippen LogP contribution in [0.5, 0.6) is 5.75 Å². The molecule has 6 nitrogen and oxygen atoms in total. The Morgan fingerprint density at radius 2 is 1.95 bits per heavy atom. The van der Waals surface area contributed by atoms with Crippen molar-refractivity contribution in [2.24, 2.45) is 0 Å². The largest absolute Gasteiger partial charge is 0.507 e. The Balaban J connectivity index is 2.70. The van der Waals surface area contributed by atoms with Gasteiger partial charge in [0.1, 0.15) is 17.9 Å². The minimum absolute atomic E-state index is 0.132. The third kappa shape index (κ3) is 4.97. The summed E-state index contributed by atoms with van der Waals surface area (Å²) < 4.78 is 5.29. The lowest BCUT2D eigenvalue weighted by Gasteiger charge is -2.19. The summed E-state index contributed by atoms with van der Waals surface area (Å²) in [5, 5.41) is 20.7. The second kappa shape index (κ2) is 5.71. The van der Waals surface area contributed by atoms with Crippen molar-refractivity contribution in [1.82, 2.24) is 0 Å². The Kier molecular flexibility index (Phi) is 4.50. The number of phenols is 1. The molecule has 0 heterocycles.